The molecule has 0 amide bonds. The number of carbonyl (C=O) groups is 1. The minimum absolute atomic E-state index is 0.112. The van der Waals surface area contributed by atoms with Crippen LogP contribution in [-0.4, -0.2) is 5.78 Å². The number of carbonyl (C=O) groups excluding carboxylic acids is 1. The van der Waals surface area contributed by atoms with E-state index in [1.807, 2.05) is 63.3 Å². The van der Waals surface area contributed by atoms with Crippen molar-refractivity contribution in [1.82, 2.24) is 0 Å². The lowest BCUT2D eigenvalue weighted by Crippen LogP contribution is -2.00. The van der Waals surface area contributed by atoms with Gasteiger partial charge in [-0.1, -0.05) is 36.4 Å². The Kier molecular flexibility index (Phi) is 4.04. The van der Waals surface area contributed by atoms with Gasteiger partial charge in [0.2, 0.25) is 0 Å². The van der Waals surface area contributed by atoms with Crippen LogP contribution in [0.3, 0.4) is 0 Å². The smallest absolute Gasteiger partial charge is 0.184 e. The highest BCUT2D eigenvalue weighted by Crippen LogP contribution is 2.10. The molecule has 0 heterocycles. The largest absolute Gasteiger partial charge is 0.289 e. The zero-order valence-electron chi connectivity index (χ0n) is 9.45. The fourth-order valence-corrected chi connectivity index (χ4v) is 1.31. The van der Waals surface area contributed by atoms with Gasteiger partial charge in [-0.05, 0) is 43.6 Å². The zero-order valence-corrected chi connectivity index (χ0v) is 9.45. The van der Waals surface area contributed by atoms with Crippen LogP contribution in [0.1, 0.15) is 26.3 Å². The average Bonchev–Trinajstić information content (AvgIpc) is 2.28. The molecule has 15 heavy (non-hydrogen) atoms. The molecule has 1 heteroatoms. The number of hydrogen-bond donors (Lipinski definition) is 0. The number of allylic oxidation sites excluding steroid dienone is 3. The number of rotatable bonds is 3. The summed E-state index contributed by atoms with van der Waals surface area (Å²) < 4.78 is 0. The maximum Gasteiger partial charge on any atom is 0.184 e. The zero-order chi connectivity index (χ0) is 11.3. The van der Waals surface area contributed by atoms with E-state index in [1.165, 1.54) is 0 Å². The van der Waals surface area contributed by atoms with Gasteiger partial charge in [0.15, 0.2) is 5.78 Å². The van der Waals surface area contributed by atoms with Crippen LogP contribution in [-0.2, 0) is 4.79 Å². The summed E-state index contributed by atoms with van der Waals surface area (Å²) >= 11 is 0. The molecule has 0 radical (unpaired) electrons. The van der Waals surface area contributed by atoms with Gasteiger partial charge in [0, 0.05) is 0 Å². The molecule has 0 aliphatic rings. The van der Waals surface area contributed by atoms with E-state index in [0.29, 0.717) is 0 Å². The second-order valence-electron chi connectivity index (χ2n) is 3.54. The lowest BCUT2D eigenvalue weighted by molar-refractivity contribution is -0.112. The Balaban J connectivity index is 2.90. The highest BCUT2D eigenvalue weighted by Gasteiger charge is 2.05. The second kappa shape index (κ2) is 5.30. The predicted molar refractivity (Wildman–Crippen MR) is 64.5 cm³/mol. The van der Waals surface area contributed by atoms with Gasteiger partial charge in [0.25, 0.3) is 0 Å². The van der Waals surface area contributed by atoms with E-state index in [-0.39, 0.29) is 5.78 Å². The number of Topliss-reactive ketones (excluding diaryl/α,β-unsaturated/α-hetero) is 1. The first-order valence-electron chi connectivity index (χ1n) is 5.06. The molecule has 0 bridgehead atoms. The second-order valence-corrected chi connectivity index (χ2v) is 3.54. The summed E-state index contributed by atoms with van der Waals surface area (Å²) in [5.41, 5.74) is 2.63. The molecule has 78 valence electrons. The molecule has 0 aromatic heterocycles. The fraction of sp³-hybridized carbons (Fsp3) is 0.214. The quantitative estimate of drug-likeness (QED) is 0.681. The summed E-state index contributed by atoms with van der Waals surface area (Å²) in [6, 6.07) is 9.87. The number of benzene rings is 1. The molecule has 0 saturated heterocycles. The van der Waals surface area contributed by atoms with Crippen LogP contribution in [0, 0.1) is 0 Å². The van der Waals surface area contributed by atoms with E-state index in [1.54, 1.807) is 0 Å². The van der Waals surface area contributed by atoms with Gasteiger partial charge in [0.05, 0.1) is 0 Å². The van der Waals surface area contributed by atoms with Gasteiger partial charge in [-0.15, -0.1) is 0 Å². The summed E-state index contributed by atoms with van der Waals surface area (Å²) in [7, 11) is 0. The molecule has 1 rings (SSSR count). The number of ketones is 1. The Bertz CT molecular complexity index is 397. The van der Waals surface area contributed by atoms with Crippen LogP contribution >= 0.6 is 0 Å². The van der Waals surface area contributed by atoms with Crippen LogP contribution in [0.5, 0.6) is 0 Å². The van der Waals surface area contributed by atoms with Crippen LogP contribution in [0.25, 0.3) is 6.08 Å². The Labute approximate surface area is 91.1 Å². The molecule has 0 fully saturated rings. The first kappa shape index (κ1) is 11.4. The van der Waals surface area contributed by atoms with Gasteiger partial charge in [0.1, 0.15) is 0 Å². The van der Waals surface area contributed by atoms with Gasteiger partial charge >= 0.3 is 0 Å². The fourth-order valence-electron chi connectivity index (χ4n) is 1.31. The molecule has 0 aliphatic carbocycles. The van der Waals surface area contributed by atoms with E-state index in [9.17, 15) is 4.79 Å². The molecule has 1 nitrogen and oxygen atoms in total. The van der Waals surface area contributed by atoms with E-state index < -0.39 is 0 Å². The molecule has 1 aromatic rings. The Morgan fingerprint density at radius 1 is 1.07 bits per heavy atom. The normalized spacial score (nSPS) is 12.7. The van der Waals surface area contributed by atoms with Crippen LogP contribution in [0.4, 0.5) is 0 Å². The molecule has 0 unspecified atom stereocenters. The highest BCUT2D eigenvalue weighted by atomic mass is 16.1. The summed E-state index contributed by atoms with van der Waals surface area (Å²) in [5.74, 6) is 0.112. The van der Waals surface area contributed by atoms with Crippen molar-refractivity contribution in [2.45, 2.75) is 20.8 Å². The van der Waals surface area contributed by atoms with E-state index in [2.05, 4.69) is 0 Å². The first-order chi connectivity index (χ1) is 7.15. The van der Waals surface area contributed by atoms with Crippen molar-refractivity contribution >= 4 is 11.9 Å². The van der Waals surface area contributed by atoms with Gasteiger partial charge in [-0.3, -0.25) is 4.79 Å². The minimum Gasteiger partial charge on any atom is -0.289 e. The average molecular weight is 200 g/mol. The van der Waals surface area contributed by atoms with Crippen molar-refractivity contribution in [3.63, 3.8) is 0 Å². The topological polar surface area (TPSA) is 17.1 Å². The highest BCUT2D eigenvalue weighted by molar-refractivity contribution is 6.09. The maximum atomic E-state index is 11.7. The van der Waals surface area contributed by atoms with Crippen molar-refractivity contribution in [2.75, 3.05) is 0 Å². The Morgan fingerprint density at radius 3 is 2.20 bits per heavy atom. The Morgan fingerprint density at radius 2 is 1.67 bits per heavy atom. The lowest BCUT2D eigenvalue weighted by Gasteiger charge is -2.00. The standard InChI is InChI=1S/C14H16O/c1-4-11(2)14(15)12(3)10-13-8-6-5-7-9-13/h4-10H,1-3H3/b11-4+,12-10+. The van der Waals surface area contributed by atoms with Crippen molar-refractivity contribution in [2.24, 2.45) is 0 Å². The van der Waals surface area contributed by atoms with E-state index in [4.69, 9.17) is 0 Å². The van der Waals surface area contributed by atoms with Gasteiger partial charge in [-0.2, -0.15) is 0 Å². The third kappa shape index (κ3) is 3.21. The van der Waals surface area contributed by atoms with Crippen LogP contribution in [0.2, 0.25) is 0 Å². The molecule has 0 atom stereocenters. The van der Waals surface area contributed by atoms with Gasteiger partial charge < -0.3 is 0 Å². The predicted octanol–water partition coefficient (Wildman–Crippen LogP) is 3.63. The minimum atomic E-state index is 0.112. The Hall–Kier alpha value is -1.63. The van der Waals surface area contributed by atoms with E-state index in [0.717, 1.165) is 16.7 Å². The van der Waals surface area contributed by atoms with Crippen molar-refractivity contribution in [3.8, 4) is 0 Å². The van der Waals surface area contributed by atoms with Crippen molar-refractivity contribution < 1.29 is 4.79 Å². The molecule has 0 spiro atoms. The summed E-state index contributed by atoms with van der Waals surface area (Å²) in [5, 5.41) is 0. The molecule has 1 aromatic carbocycles. The first-order valence-corrected chi connectivity index (χ1v) is 5.06. The maximum absolute atomic E-state index is 11.7. The summed E-state index contributed by atoms with van der Waals surface area (Å²) in [6.07, 6.45) is 3.75. The van der Waals surface area contributed by atoms with E-state index >= 15 is 0 Å². The van der Waals surface area contributed by atoms with Gasteiger partial charge in [-0.25, -0.2) is 0 Å². The molecule has 0 aliphatic heterocycles. The molecule has 0 N–H and O–H groups in total. The van der Waals surface area contributed by atoms with Crippen LogP contribution in [0.15, 0.2) is 47.6 Å². The molecular formula is C14H16O. The number of hydrogen-bond acceptors (Lipinski definition) is 1. The summed E-state index contributed by atoms with van der Waals surface area (Å²) in [6.45, 7) is 5.57. The lowest BCUT2D eigenvalue weighted by atomic mass is 10.0. The van der Waals surface area contributed by atoms with Crippen molar-refractivity contribution in [1.29, 1.82) is 0 Å². The SMILES string of the molecule is C/C=C(\C)C(=O)/C(C)=C/c1ccccc1. The summed E-state index contributed by atoms with van der Waals surface area (Å²) in [4.78, 5) is 11.7. The molecule has 0 saturated carbocycles. The molecular weight excluding hydrogens is 184 g/mol. The van der Waals surface area contributed by atoms with Crippen molar-refractivity contribution in [3.05, 3.63) is 53.1 Å². The monoisotopic (exact) mass is 200 g/mol. The third-order valence-corrected chi connectivity index (χ3v) is 2.33. The third-order valence-electron chi connectivity index (χ3n) is 2.33. The van der Waals surface area contributed by atoms with Crippen LogP contribution < -0.4 is 0 Å².